The standard InChI is InChI=1S/C15H20ClN3/c1-9-13(16)7-6-8-14(9)17-10(2)15-11(3)18-19(5)12(15)4/h6-8,10,17H,1-5H3. The molecule has 0 amide bonds. The zero-order valence-electron chi connectivity index (χ0n) is 12.1. The van der Waals surface area contributed by atoms with Gasteiger partial charge in [-0.15, -0.1) is 0 Å². The van der Waals surface area contributed by atoms with Crippen LogP contribution in [-0.2, 0) is 7.05 Å². The van der Waals surface area contributed by atoms with Crippen molar-refractivity contribution in [1.82, 2.24) is 9.78 Å². The zero-order valence-corrected chi connectivity index (χ0v) is 12.8. The van der Waals surface area contributed by atoms with Crippen molar-refractivity contribution in [3.8, 4) is 0 Å². The molecule has 2 rings (SSSR count). The summed E-state index contributed by atoms with van der Waals surface area (Å²) in [5, 5.41) is 8.78. The average molecular weight is 278 g/mol. The maximum atomic E-state index is 6.15. The van der Waals surface area contributed by atoms with Gasteiger partial charge < -0.3 is 5.32 Å². The maximum Gasteiger partial charge on any atom is 0.0649 e. The van der Waals surface area contributed by atoms with Gasteiger partial charge in [0.2, 0.25) is 0 Å². The molecule has 0 bridgehead atoms. The summed E-state index contributed by atoms with van der Waals surface area (Å²) in [6, 6.07) is 6.13. The van der Waals surface area contributed by atoms with E-state index in [-0.39, 0.29) is 6.04 Å². The molecule has 3 nitrogen and oxygen atoms in total. The molecule has 2 aromatic rings. The van der Waals surface area contributed by atoms with E-state index in [2.05, 4.69) is 30.3 Å². The fourth-order valence-corrected chi connectivity index (χ4v) is 2.66. The van der Waals surface area contributed by atoms with Crippen molar-refractivity contribution < 1.29 is 0 Å². The first-order valence-electron chi connectivity index (χ1n) is 6.43. The Labute approximate surface area is 119 Å². The summed E-state index contributed by atoms with van der Waals surface area (Å²) < 4.78 is 1.92. The zero-order chi connectivity index (χ0) is 14.2. The molecule has 0 spiro atoms. The quantitative estimate of drug-likeness (QED) is 0.912. The number of aryl methyl sites for hydroxylation is 2. The first-order valence-corrected chi connectivity index (χ1v) is 6.81. The molecule has 0 saturated carbocycles. The number of rotatable bonds is 3. The van der Waals surface area contributed by atoms with Gasteiger partial charge in [-0.05, 0) is 45.4 Å². The smallest absolute Gasteiger partial charge is 0.0649 e. The molecule has 1 heterocycles. The van der Waals surface area contributed by atoms with Crippen molar-refractivity contribution in [2.24, 2.45) is 7.05 Å². The van der Waals surface area contributed by atoms with E-state index in [1.54, 1.807) is 0 Å². The van der Waals surface area contributed by atoms with Gasteiger partial charge in [-0.3, -0.25) is 4.68 Å². The van der Waals surface area contributed by atoms with Crippen molar-refractivity contribution in [3.05, 3.63) is 45.7 Å². The molecule has 1 aromatic heterocycles. The van der Waals surface area contributed by atoms with Crippen LogP contribution in [0.1, 0.15) is 35.5 Å². The number of nitrogens with one attached hydrogen (secondary N) is 1. The van der Waals surface area contributed by atoms with Crippen LogP contribution in [0.15, 0.2) is 18.2 Å². The van der Waals surface area contributed by atoms with Gasteiger partial charge >= 0.3 is 0 Å². The lowest BCUT2D eigenvalue weighted by Crippen LogP contribution is -2.10. The molecule has 1 atom stereocenters. The second-order valence-corrected chi connectivity index (χ2v) is 5.39. The van der Waals surface area contributed by atoms with Gasteiger partial charge in [0.1, 0.15) is 0 Å². The lowest BCUT2D eigenvalue weighted by atomic mass is 10.1. The topological polar surface area (TPSA) is 29.9 Å². The summed E-state index contributed by atoms with van der Waals surface area (Å²) in [5.74, 6) is 0. The highest BCUT2D eigenvalue weighted by Gasteiger charge is 2.16. The van der Waals surface area contributed by atoms with Crippen LogP contribution < -0.4 is 5.32 Å². The van der Waals surface area contributed by atoms with Crippen molar-refractivity contribution in [2.75, 3.05) is 5.32 Å². The minimum absolute atomic E-state index is 0.200. The van der Waals surface area contributed by atoms with E-state index in [0.717, 1.165) is 22.0 Å². The van der Waals surface area contributed by atoms with Crippen LogP contribution in [-0.4, -0.2) is 9.78 Å². The number of halogens is 1. The maximum absolute atomic E-state index is 6.15. The largest absolute Gasteiger partial charge is 0.378 e. The third kappa shape index (κ3) is 2.61. The Balaban J connectivity index is 2.31. The molecule has 0 aliphatic heterocycles. The first-order chi connectivity index (χ1) is 8.91. The Bertz CT molecular complexity index is 602. The second-order valence-electron chi connectivity index (χ2n) is 4.99. The van der Waals surface area contributed by atoms with E-state index < -0.39 is 0 Å². The summed E-state index contributed by atoms with van der Waals surface area (Å²) in [5.41, 5.74) is 5.66. The monoisotopic (exact) mass is 277 g/mol. The summed E-state index contributed by atoms with van der Waals surface area (Å²) in [7, 11) is 1.98. The fraction of sp³-hybridized carbons (Fsp3) is 0.400. The Kier molecular flexibility index (Phi) is 3.85. The minimum Gasteiger partial charge on any atom is -0.378 e. The van der Waals surface area contributed by atoms with Gasteiger partial charge in [0.05, 0.1) is 11.7 Å². The van der Waals surface area contributed by atoms with Crippen LogP contribution >= 0.6 is 11.6 Å². The molecule has 0 aliphatic carbocycles. The molecule has 19 heavy (non-hydrogen) atoms. The number of hydrogen-bond donors (Lipinski definition) is 1. The Morgan fingerprint density at radius 2 is 1.95 bits per heavy atom. The number of aromatic nitrogens is 2. The Morgan fingerprint density at radius 3 is 2.53 bits per heavy atom. The Hall–Kier alpha value is -1.48. The van der Waals surface area contributed by atoms with Gasteiger partial charge in [0.25, 0.3) is 0 Å². The third-order valence-corrected chi connectivity index (χ3v) is 4.05. The van der Waals surface area contributed by atoms with Gasteiger partial charge in [-0.2, -0.15) is 5.10 Å². The molecular formula is C15H20ClN3. The molecule has 1 unspecified atom stereocenters. The van der Waals surface area contributed by atoms with Crippen LogP contribution in [0, 0.1) is 20.8 Å². The Morgan fingerprint density at radius 1 is 1.26 bits per heavy atom. The molecule has 1 aromatic carbocycles. The summed E-state index contributed by atoms with van der Waals surface area (Å²) in [4.78, 5) is 0. The normalized spacial score (nSPS) is 12.5. The minimum atomic E-state index is 0.200. The highest BCUT2D eigenvalue weighted by molar-refractivity contribution is 6.31. The number of benzene rings is 1. The first kappa shape index (κ1) is 13.9. The molecule has 4 heteroatoms. The fourth-order valence-electron chi connectivity index (χ4n) is 2.49. The summed E-state index contributed by atoms with van der Waals surface area (Å²) >= 11 is 6.15. The van der Waals surface area contributed by atoms with Crippen molar-refractivity contribution >= 4 is 17.3 Å². The van der Waals surface area contributed by atoms with E-state index in [1.165, 1.54) is 11.3 Å². The van der Waals surface area contributed by atoms with Crippen LogP contribution in [0.25, 0.3) is 0 Å². The van der Waals surface area contributed by atoms with E-state index in [4.69, 9.17) is 11.6 Å². The predicted molar refractivity (Wildman–Crippen MR) is 80.9 cm³/mol. The van der Waals surface area contributed by atoms with E-state index in [9.17, 15) is 0 Å². The van der Waals surface area contributed by atoms with Gasteiger partial charge in [-0.25, -0.2) is 0 Å². The molecule has 0 aliphatic rings. The highest BCUT2D eigenvalue weighted by Crippen LogP contribution is 2.29. The van der Waals surface area contributed by atoms with Crippen LogP contribution in [0.4, 0.5) is 5.69 Å². The number of anilines is 1. The molecule has 102 valence electrons. The van der Waals surface area contributed by atoms with E-state index in [1.807, 2.05) is 37.7 Å². The predicted octanol–water partition coefficient (Wildman–Crippen LogP) is 4.17. The molecule has 1 N–H and O–H groups in total. The molecule has 0 fully saturated rings. The van der Waals surface area contributed by atoms with Crippen LogP contribution in [0.5, 0.6) is 0 Å². The molecule has 0 radical (unpaired) electrons. The van der Waals surface area contributed by atoms with Gasteiger partial charge in [-0.1, -0.05) is 17.7 Å². The lowest BCUT2D eigenvalue weighted by molar-refractivity contribution is 0.728. The molecule has 0 saturated heterocycles. The number of nitrogens with zero attached hydrogens (tertiary/aromatic N) is 2. The van der Waals surface area contributed by atoms with Crippen molar-refractivity contribution in [2.45, 2.75) is 33.7 Å². The lowest BCUT2D eigenvalue weighted by Gasteiger charge is -2.18. The number of hydrogen-bond acceptors (Lipinski definition) is 2. The van der Waals surface area contributed by atoms with Crippen LogP contribution in [0.3, 0.4) is 0 Å². The van der Waals surface area contributed by atoms with E-state index in [0.29, 0.717) is 0 Å². The van der Waals surface area contributed by atoms with Gasteiger partial charge in [0.15, 0.2) is 0 Å². The highest BCUT2D eigenvalue weighted by atomic mass is 35.5. The van der Waals surface area contributed by atoms with Crippen molar-refractivity contribution in [3.63, 3.8) is 0 Å². The van der Waals surface area contributed by atoms with E-state index >= 15 is 0 Å². The second kappa shape index (κ2) is 5.25. The average Bonchev–Trinajstić information content (AvgIpc) is 2.59. The van der Waals surface area contributed by atoms with Crippen LogP contribution in [0.2, 0.25) is 5.02 Å². The summed E-state index contributed by atoms with van der Waals surface area (Å²) in [6.45, 7) is 8.32. The summed E-state index contributed by atoms with van der Waals surface area (Å²) in [6.07, 6.45) is 0. The third-order valence-electron chi connectivity index (χ3n) is 3.64. The van der Waals surface area contributed by atoms with Gasteiger partial charge in [0, 0.05) is 29.0 Å². The molecular weight excluding hydrogens is 258 g/mol. The SMILES string of the molecule is Cc1nn(C)c(C)c1C(C)Nc1cccc(Cl)c1C. The van der Waals surface area contributed by atoms with Crippen molar-refractivity contribution in [1.29, 1.82) is 0 Å².